The maximum absolute atomic E-state index is 9.05. The third kappa shape index (κ3) is 5.61. The maximum atomic E-state index is 9.05. The molecule has 0 bridgehead atoms. The van der Waals surface area contributed by atoms with Crippen LogP contribution in [0.3, 0.4) is 0 Å². The van der Waals surface area contributed by atoms with Crippen LogP contribution in [0.2, 0.25) is 0 Å². The number of ether oxygens (including phenoxy) is 2. The molecule has 1 aromatic rings. The summed E-state index contributed by atoms with van der Waals surface area (Å²) in [6.07, 6.45) is 0.808. The topological polar surface area (TPSA) is 38.7 Å². The van der Waals surface area contributed by atoms with Crippen molar-refractivity contribution in [3.8, 4) is 0 Å². The number of rotatable bonds is 9. The molecule has 2 atom stereocenters. The summed E-state index contributed by atoms with van der Waals surface area (Å²) in [5, 5.41) is 9.05. The molecule has 3 heteroatoms. The second kappa shape index (κ2) is 8.40. The molecule has 0 aliphatic heterocycles. The minimum atomic E-state index is -0.148. The van der Waals surface area contributed by atoms with Crippen LogP contribution in [0.4, 0.5) is 0 Å². The fraction of sp³-hybridized carbons (Fsp3) is 0.647. The molecular weight excluding hydrogens is 252 g/mol. The molecule has 1 aromatic carbocycles. The summed E-state index contributed by atoms with van der Waals surface area (Å²) >= 11 is 0. The molecule has 0 spiro atoms. The van der Waals surface area contributed by atoms with E-state index in [1.54, 1.807) is 0 Å². The van der Waals surface area contributed by atoms with E-state index >= 15 is 0 Å². The van der Waals surface area contributed by atoms with Gasteiger partial charge in [-0.15, -0.1) is 0 Å². The van der Waals surface area contributed by atoms with E-state index in [0.29, 0.717) is 13.2 Å². The second-order valence-electron chi connectivity index (χ2n) is 5.92. The summed E-state index contributed by atoms with van der Waals surface area (Å²) in [6.45, 7) is 9.49. The van der Waals surface area contributed by atoms with Gasteiger partial charge in [-0.1, -0.05) is 44.2 Å². The van der Waals surface area contributed by atoms with Crippen molar-refractivity contribution < 1.29 is 14.6 Å². The van der Waals surface area contributed by atoms with Crippen LogP contribution in [0.15, 0.2) is 30.3 Å². The van der Waals surface area contributed by atoms with Gasteiger partial charge in [-0.3, -0.25) is 0 Å². The van der Waals surface area contributed by atoms with Crippen LogP contribution >= 0.6 is 0 Å². The number of benzene rings is 1. The van der Waals surface area contributed by atoms with Crippen LogP contribution in [0.25, 0.3) is 0 Å². The minimum absolute atomic E-state index is 0.0155. The number of hydrogen-bond acceptors (Lipinski definition) is 3. The van der Waals surface area contributed by atoms with Crippen molar-refractivity contribution in [2.24, 2.45) is 5.41 Å². The van der Waals surface area contributed by atoms with Crippen molar-refractivity contribution in [2.45, 2.75) is 46.3 Å². The molecule has 0 heterocycles. The van der Waals surface area contributed by atoms with Crippen molar-refractivity contribution in [3.63, 3.8) is 0 Å². The molecule has 2 unspecified atom stereocenters. The van der Waals surface area contributed by atoms with E-state index in [9.17, 15) is 0 Å². The van der Waals surface area contributed by atoms with Crippen LogP contribution in [-0.2, 0) is 15.9 Å². The molecular formula is C17H28O3. The molecule has 3 nitrogen and oxygen atoms in total. The molecule has 20 heavy (non-hydrogen) atoms. The van der Waals surface area contributed by atoms with Crippen LogP contribution in [0.5, 0.6) is 0 Å². The Balaban J connectivity index is 2.67. The fourth-order valence-electron chi connectivity index (χ4n) is 2.24. The van der Waals surface area contributed by atoms with Gasteiger partial charge in [0.25, 0.3) is 0 Å². The van der Waals surface area contributed by atoms with Crippen molar-refractivity contribution in [1.82, 2.24) is 0 Å². The predicted molar refractivity (Wildman–Crippen MR) is 81.8 cm³/mol. The zero-order valence-corrected chi connectivity index (χ0v) is 13.1. The average molecular weight is 280 g/mol. The highest BCUT2D eigenvalue weighted by molar-refractivity contribution is 5.16. The minimum Gasteiger partial charge on any atom is -0.394 e. The number of hydrogen-bond donors (Lipinski definition) is 1. The lowest BCUT2D eigenvalue weighted by molar-refractivity contribution is -0.0931. The number of aliphatic hydroxyl groups is 1. The van der Waals surface area contributed by atoms with E-state index in [2.05, 4.69) is 38.1 Å². The molecule has 0 saturated heterocycles. The summed E-state index contributed by atoms with van der Waals surface area (Å²) in [7, 11) is 0. The molecule has 0 radical (unpaired) electrons. The largest absolute Gasteiger partial charge is 0.394 e. The molecule has 0 aromatic heterocycles. The Morgan fingerprint density at radius 1 is 1.15 bits per heavy atom. The maximum Gasteiger partial charge on any atom is 0.0862 e. The third-order valence-corrected chi connectivity index (χ3v) is 3.53. The van der Waals surface area contributed by atoms with Gasteiger partial charge in [-0.05, 0) is 31.2 Å². The standard InChI is InChI=1S/C17H28O3/c1-5-19-16(13-20-14(2)12-18)17(3,4)11-15-9-7-6-8-10-15/h6-10,14,16,18H,5,11-13H2,1-4H3. The quantitative estimate of drug-likeness (QED) is 0.755. The molecule has 0 saturated carbocycles. The van der Waals surface area contributed by atoms with Crippen LogP contribution in [-0.4, -0.2) is 37.1 Å². The Labute approximate surface area is 122 Å². The highest BCUT2D eigenvalue weighted by Gasteiger charge is 2.31. The van der Waals surface area contributed by atoms with E-state index in [4.69, 9.17) is 14.6 Å². The first-order valence-corrected chi connectivity index (χ1v) is 7.37. The Morgan fingerprint density at radius 3 is 2.35 bits per heavy atom. The number of aliphatic hydroxyl groups excluding tert-OH is 1. The molecule has 1 N–H and O–H groups in total. The second-order valence-corrected chi connectivity index (χ2v) is 5.92. The van der Waals surface area contributed by atoms with E-state index < -0.39 is 0 Å². The Hall–Kier alpha value is -0.900. The van der Waals surface area contributed by atoms with Crippen molar-refractivity contribution >= 4 is 0 Å². The summed E-state index contributed by atoms with van der Waals surface area (Å²) in [5.74, 6) is 0. The molecule has 0 aliphatic rings. The van der Waals surface area contributed by atoms with E-state index in [-0.39, 0.29) is 24.2 Å². The van der Waals surface area contributed by atoms with Gasteiger partial charge in [0.15, 0.2) is 0 Å². The third-order valence-electron chi connectivity index (χ3n) is 3.53. The summed E-state index contributed by atoms with van der Waals surface area (Å²) in [6, 6.07) is 10.4. The zero-order chi connectivity index (χ0) is 15.0. The first-order chi connectivity index (χ1) is 9.49. The van der Waals surface area contributed by atoms with E-state index in [1.807, 2.05) is 19.9 Å². The van der Waals surface area contributed by atoms with Crippen molar-refractivity contribution in [1.29, 1.82) is 0 Å². The van der Waals surface area contributed by atoms with Crippen molar-refractivity contribution in [2.75, 3.05) is 19.8 Å². The van der Waals surface area contributed by atoms with E-state index in [0.717, 1.165) is 6.42 Å². The predicted octanol–water partition coefficient (Wildman–Crippen LogP) is 3.06. The highest BCUT2D eigenvalue weighted by Crippen LogP contribution is 2.29. The van der Waals surface area contributed by atoms with Gasteiger partial charge in [0.1, 0.15) is 0 Å². The van der Waals surface area contributed by atoms with Gasteiger partial charge >= 0.3 is 0 Å². The molecule has 0 fully saturated rings. The van der Waals surface area contributed by atoms with Crippen LogP contribution in [0.1, 0.15) is 33.3 Å². The van der Waals surface area contributed by atoms with Gasteiger partial charge < -0.3 is 14.6 Å². The zero-order valence-electron chi connectivity index (χ0n) is 13.1. The lowest BCUT2D eigenvalue weighted by Crippen LogP contribution is -2.39. The Morgan fingerprint density at radius 2 is 1.80 bits per heavy atom. The highest BCUT2D eigenvalue weighted by atomic mass is 16.5. The van der Waals surface area contributed by atoms with Gasteiger partial charge in [0.05, 0.1) is 25.4 Å². The summed E-state index contributed by atoms with van der Waals surface area (Å²) in [5.41, 5.74) is 1.28. The molecule has 114 valence electrons. The first kappa shape index (κ1) is 17.2. The van der Waals surface area contributed by atoms with E-state index in [1.165, 1.54) is 5.56 Å². The van der Waals surface area contributed by atoms with Gasteiger partial charge in [0, 0.05) is 6.61 Å². The molecule has 1 rings (SSSR count). The van der Waals surface area contributed by atoms with Crippen molar-refractivity contribution in [3.05, 3.63) is 35.9 Å². The monoisotopic (exact) mass is 280 g/mol. The van der Waals surface area contributed by atoms with Gasteiger partial charge in [-0.2, -0.15) is 0 Å². The SMILES string of the molecule is CCOC(COC(C)CO)C(C)(C)Cc1ccccc1. The fourth-order valence-corrected chi connectivity index (χ4v) is 2.24. The van der Waals surface area contributed by atoms with Crippen LogP contribution in [0, 0.1) is 5.41 Å². The smallest absolute Gasteiger partial charge is 0.0862 e. The molecule has 0 amide bonds. The molecule has 0 aliphatic carbocycles. The lowest BCUT2D eigenvalue weighted by atomic mass is 9.80. The van der Waals surface area contributed by atoms with Gasteiger partial charge in [0.2, 0.25) is 0 Å². The normalized spacial score (nSPS) is 15.1. The lowest BCUT2D eigenvalue weighted by Gasteiger charge is -2.34. The first-order valence-electron chi connectivity index (χ1n) is 7.37. The van der Waals surface area contributed by atoms with Crippen LogP contribution < -0.4 is 0 Å². The Bertz CT molecular complexity index is 362. The summed E-state index contributed by atoms with van der Waals surface area (Å²) in [4.78, 5) is 0. The average Bonchev–Trinajstić information content (AvgIpc) is 2.43. The Kier molecular flexibility index (Phi) is 7.20. The van der Waals surface area contributed by atoms with Gasteiger partial charge in [-0.25, -0.2) is 0 Å². The summed E-state index contributed by atoms with van der Waals surface area (Å²) < 4.78 is 11.5.